The molecule has 0 amide bonds. The molecule has 1 aliphatic heterocycles. The minimum atomic E-state index is -0.813. The first-order chi connectivity index (χ1) is 6.60. The third-order valence-electron chi connectivity index (χ3n) is 2.14. The maximum atomic E-state index is 9.73. The topological polar surface area (TPSA) is 71.3 Å². The number of aliphatic imine (C=N–C) groups is 1. The summed E-state index contributed by atoms with van der Waals surface area (Å²) in [5.41, 5.74) is 0.841. The normalized spacial score (nSPS) is 37.2. The van der Waals surface area contributed by atoms with Crippen molar-refractivity contribution in [2.24, 2.45) is 4.99 Å². The van der Waals surface area contributed by atoms with Gasteiger partial charge >= 0.3 is 0 Å². The molecule has 0 aromatic carbocycles. The van der Waals surface area contributed by atoms with Crippen LogP contribution >= 0.6 is 0 Å². The summed E-state index contributed by atoms with van der Waals surface area (Å²) in [5, 5.41) is 18.8. The first-order valence-electron chi connectivity index (χ1n) is 4.58. The van der Waals surface area contributed by atoms with E-state index in [0.717, 1.165) is 5.71 Å². The Morgan fingerprint density at radius 3 is 2.57 bits per heavy atom. The first-order valence-corrected chi connectivity index (χ1v) is 4.58. The van der Waals surface area contributed by atoms with Crippen LogP contribution in [-0.4, -0.2) is 54.2 Å². The summed E-state index contributed by atoms with van der Waals surface area (Å²) in [6, 6.07) is -0.435. The second-order valence-corrected chi connectivity index (χ2v) is 3.52. The van der Waals surface area contributed by atoms with Gasteiger partial charge in [-0.15, -0.1) is 0 Å². The van der Waals surface area contributed by atoms with Gasteiger partial charge in [-0.2, -0.15) is 0 Å². The Morgan fingerprint density at radius 2 is 2.14 bits per heavy atom. The zero-order valence-corrected chi connectivity index (χ0v) is 8.67. The second-order valence-electron chi connectivity index (χ2n) is 3.52. The van der Waals surface area contributed by atoms with Crippen molar-refractivity contribution in [1.29, 1.82) is 0 Å². The van der Waals surface area contributed by atoms with Gasteiger partial charge in [-0.25, -0.2) is 0 Å². The van der Waals surface area contributed by atoms with Crippen LogP contribution in [0.3, 0.4) is 0 Å². The van der Waals surface area contributed by atoms with Crippen LogP contribution in [0.2, 0.25) is 0 Å². The second kappa shape index (κ2) is 4.84. The molecule has 1 rings (SSSR count). The van der Waals surface area contributed by atoms with E-state index >= 15 is 0 Å². The highest BCUT2D eigenvalue weighted by Gasteiger charge is 2.43. The van der Waals surface area contributed by atoms with Gasteiger partial charge in [0.25, 0.3) is 0 Å². The lowest BCUT2D eigenvalue weighted by atomic mass is 10.1. The summed E-state index contributed by atoms with van der Waals surface area (Å²) in [4.78, 5) is 4.21. The summed E-state index contributed by atoms with van der Waals surface area (Å²) in [6.07, 6.45) is -1.99. The van der Waals surface area contributed by atoms with E-state index in [2.05, 4.69) is 4.99 Å². The van der Waals surface area contributed by atoms with Gasteiger partial charge in [-0.3, -0.25) is 4.99 Å². The van der Waals surface area contributed by atoms with Crippen molar-refractivity contribution in [3.8, 4) is 0 Å². The van der Waals surface area contributed by atoms with Crippen molar-refractivity contribution in [3.63, 3.8) is 0 Å². The first kappa shape index (κ1) is 11.6. The van der Waals surface area contributed by atoms with Crippen LogP contribution in [0, 0.1) is 0 Å². The van der Waals surface area contributed by atoms with Crippen molar-refractivity contribution >= 4 is 5.71 Å². The standard InChI is InChI=1S/C9H17NO4/c1-5(2)10-7-6(4-11)14-9(13-3)8(7)12/h6-9,11-12H,4H2,1-3H3. The van der Waals surface area contributed by atoms with E-state index in [1.165, 1.54) is 7.11 Å². The van der Waals surface area contributed by atoms with Crippen molar-refractivity contribution in [1.82, 2.24) is 0 Å². The van der Waals surface area contributed by atoms with Crippen LogP contribution in [0.1, 0.15) is 13.8 Å². The third kappa shape index (κ3) is 2.30. The molecule has 0 radical (unpaired) electrons. The number of rotatable bonds is 3. The van der Waals surface area contributed by atoms with Gasteiger partial charge in [0.1, 0.15) is 18.2 Å². The Morgan fingerprint density at radius 1 is 1.50 bits per heavy atom. The largest absolute Gasteiger partial charge is 0.394 e. The van der Waals surface area contributed by atoms with Crippen molar-refractivity contribution < 1.29 is 19.7 Å². The maximum absolute atomic E-state index is 9.73. The molecule has 2 N–H and O–H groups in total. The average molecular weight is 203 g/mol. The Labute approximate surface area is 83.4 Å². The fraction of sp³-hybridized carbons (Fsp3) is 0.889. The third-order valence-corrected chi connectivity index (χ3v) is 2.14. The lowest BCUT2D eigenvalue weighted by molar-refractivity contribution is -0.153. The highest BCUT2D eigenvalue weighted by Crippen LogP contribution is 2.24. The predicted molar refractivity (Wildman–Crippen MR) is 51.3 cm³/mol. The van der Waals surface area contributed by atoms with Gasteiger partial charge in [-0.05, 0) is 13.8 Å². The molecule has 1 heterocycles. The Bertz CT molecular complexity index is 213. The smallest absolute Gasteiger partial charge is 0.185 e. The molecule has 0 aromatic rings. The van der Waals surface area contributed by atoms with Crippen LogP contribution in [0.25, 0.3) is 0 Å². The molecule has 4 atom stereocenters. The summed E-state index contributed by atoms with van der Waals surface area (Å²) in [7, 11) is 1.45. The van der Waals surface area contributed by atoms with Gasteiger partial charge < -0.3 is 19.7 Å². The van der Waals surface area contributed by atoms with Gasteiger partial charge in [0.2, 0.25) is 0 Å². The van der Waals surface area contributed by atoms with Gasteiger partial charge in [-0.1, -0.05) is 0 Å². The summed E-state index contributed by atoms with van der Waals surface area (Å²) in [5.74, 6) is 0. The molecule has 1 fully saturated rings. The maximum Gasteiger partial charge on any atom is 0.185 e. The Kier molecular flexibility index (Phi) is 4.00. The Hall–Kier alpha value is -0.490. The van der Waals surface area contributed by atoms with Crippen molar-refractivity contribution in [3.05, 3.63) is 0 Å². The molecule has 5 heteroatoms. The van der Waals surface area contributed by atoms with Gasteiger partial charge in [0.05, 0.1) is 6.61 Å². The van der Waals surface area contributed by atoms with Crippen molar-refractivity contribution in [2.75, 3.05) is 13.7 Å². The molecule has 1 aliphatic rings. The number of aliphatic hydroxyl groups is 2. The molecule has 0 spiro atoms. The molecule has 0 aromatic heterocycles. The lowest BCUT2D eigenvalue weighted by Crippen LogP contribution is -2.33. The summed E-state index contributed by atoms with van der Waals surface area (Å²) in [6.45, 7) is 3.50. The van der Waals surface area contributed by atoms with Gasteiger partial charge in [0.15, 0.2) is 6.29 Å². The van der Waals surface area contributed by atoms with E-state index in [-0.39, 0.29) is 6.61 Å². The fourth-order valence-corrected chi connectivity index (χ4v) is 1.52. The summed E-state index contributed by atoms with van der Waals surface area (Å²) < 4.78 is 10.2. The molecular weight excluding hydrogens is 186 g/mol. The van der Waals surface area contributed by atoms with E-state index in [4.69, 9.17) is 14.6 Å². The molecule has 82 valence electrons. The number of methoxy groups -OCH3 is 1. The van der Waals surface area contributed by atoms with E-state index < -0.39 is 24.5 Å². The van der Waals surface area contributed by atoms with E-state index in [9.17, 15) is 5.11 Å². The quantitative estimate of drug-likeness (QED) is 0.610. The van der Waals surface area contributed by atoms with Crippen LogP contribution in [-0.2, 0) is 9.47 Å². The molecule has 14 heavy (non-hydrogen) atoms. The van der Waals surface area contributed by atoms with Crippen LogP contribution in [0.4, 0.5) is 0 Å². The average Bonchev–Trinajstić information content (AvgIpc) is 2.43. The van der Waals surface area contributed by atoms with E-state index in [1.807, 2.05) is 13.8 Å². The molecule has 0 saturated carbocycles. The number of hydrogen-bond donors (Lipinski definition) is 2. The highest BCUT2D eigenvalue weighted by atomic mass is 16.7. The molecule has 4 unspecified atom stereocenters. The number of aliphatic hydroxyl groups excluding tert-OH is 2. The van der Waals surface area contributed by atoms with Crippen LogP contribution in [0.5, 0.6) is 0 Å². The SMILES string of the molecule is COC1OC(CO)C(N=C(C)C)C1O. The zero-order chi connectivity index (χ0) is 10.7. The molecule has 0 aliphatic carbocycles. The predicted octanol–water partition coefficient (Wildman–Crippen LogP) is -0.440. The number of hydrogen-bond acceptors (Lipinski definition) is 5. The lowest BCUT2D eigenvalue weighted by Gasteiger charge is -2.14. The molecule has 0 bridgehead atoms. The Balaban J connectivity index is 2.75. The van der Waals surface area contributed by atoms with E-state index in [1.54, 1.807) is 0 Å². The number of ether oxygens (including phenoxy) is 2. The highest BCUT2D eigenvalue weighted by molar-refractivity contribution is 5.79. The van der Waals surface area contributed by atoms with Crippen LogP contribution in [0.15, 0.2) is 4.99 Å². The minimum Gasteiger partial charge on any atom is -0.394 e. The minimum absolute atomic E-state index is 0.168. The molecular formula is C9H17NO4. The summed E-state index contributed by atoms with van der Waals surface area (Å²) >= 11 is 0. The molecule has 1 saturated heterocycles. The zero-order valence-electron chi connectivity index (χ0n) is 8.67. The number of nitrogens with zero attached hydrogens (tertiary/aromatic N) is 1. The van der Waals surface area contributed by atoms with Gasteiger partial charge in [0, 0.05) is 12.8 Å². The molecule has 5 nitrogen and oxygen atoms in total. The fourth-order valence-electron chi connectivity index (χ4n) is 1.52. The van der Waals surface area contributed by atoms with E-state index in [0.29, 0.717) is 0 Å². The van der Waals surface area contributed by atoms with Crippen molar-refractivity contribution in [2.45, 2.75) is 38.4 Å². The van der Waals surface area contributed by atoms with Crippen LogP contribution < -0.4 is 0 Å². The monoisotopic (exact) mass is 203 g/mol.